The molecule has 4 N–H and O–H groups in total. The highest BCUT2D eigenvalue weighted by atomic mass is 16.5. The lowest BCUT2D eigenvalue weighted by Gasteiger charge is -2.25. The SMILES string of the molecule is Cc1ccc(NC(=O)COc2ccccc2C2C(C#N)=C(N)Oc3n[nH]c(C)c32)c(C)c1. The molecule has 0 saturated heterocycles. The van der Waals surface area contributed by atoms with Crippen molar-refractivity contribution in [3.8, 4) is 17.7 Å². The first-order chi connectivity index (χ1) is 15.4. The maximum absolute atomic E-state index is 12.5. The van der Waals surface area contributed by atoms with Gasteiger partial charge in [-0.05, 0) is 38.5 Å². The number of carbonyl (C=O) groups is 1. The number of rotatable bonds is 5. The van der Waals surface area contributed by atoms with Crippen LogP contribution >= 0.6 is 0 Å². The lowest BCUT2D eigenvalue weighted by molar-refractivity contribution is -0.118. The van der Waals surface area contributed by atoms with Gasteiger partial charge in [0.25, 0.3) is 5.91 Å². The van der Waals surface area contributed by atoms with Crippen molar-refractivity contribution in [3.05, 3.63) is 81.9 Å². The van der Waals surface area contributed by atoms with Gasteiger partial charge in [-0.25, -0.2) is 0 Å². The van der Waals surface area contributed by atoms with E-state index in [1.165, 1.54) is 0 Å². The minimum Gasteiger partial charge on any atom is -0.483 e. The molecular weight excluding hydrogens is 406 g/mol. The first-order valence-corrected chi connectivity index (χ1v) is 10.1. The Hall–Kier alpha value is -4.25. The molecular formula is C24H23N5O3. The van der Waals surface area contributed by atoms with Crippen LogP contribution in [0.25, 0.3) is 0 Å². The summed E-state index contributed by atoms with van der Waals surface area (Å²) in [6.07, 6.45) is 0. The van der Waals surface area contributed by atoms with Crippen molar-refractivity contribution in [2.45, 2.75) is 26.7 Å². The Morgan fingerprint density at radius 1 is 1.28 bits per heavy atom. The molecule has 0 fully saturated rings. The predicted molar refractivity (Wildman–Crippen MR) is 119 cm³/mol. The number of allylic oxidation sites excluding steroid dienone is 1. The van der Waals surface area contributed by atoms with Crippen LogP contribution in [-0.2, 0) is 4.79 Å². The third kappa shape index (κ3) is 3.88. The fraction of sp³-hybridized carbons (Fsp3) is 0.208. The summed E-state index contributed by atoms with van der Waals surface area (Å²) in [6.45, 7) is 5.60. The Morgan fingerprint density at radius 3 is 2.81 bits per heavy atom. The van der Waals surface area contributed by atoms with Crippen molar-refractivity contribution in [3.63, 3.8) is 0 Å². The first kappa shape index (κ1) is 21.0. The number of nitriles is 1. The number of nitrogens with two attached hydrogens (primary N) is 1. The zero-order chi connectivity index (χ0) is 22.8. The maximum Gasteiger partial charge on any atom is 0.262 e. The van der Waals surface area contributed by atoms with Crippen LogP contribution in [0.15, 0.2) is 53.9 Å². The molecule has 1 aromatic heterocycles. The highest BCUT2D eigenvalue weighted by Gasteiger charge is 2.35. The van der Waals surface area contributed by atoms with Crippen LogP contribution < -0.4 is 20.5 Å². The largest absolute Gasteiger partial charge is 0.483 e. The number of anilines is 1. The number of carbonyl (C=O) groups excluding carboxylic acids is 1. The van der Waals surface area contributed by atoms with E-state index in [-0.39, 0.29) is 24.0 Å². The van der Waals surface area contributed by atoms with Crippen LogP contribution in [0.1, 0.15) is 33.9 Å². The summed E-state index contributed by atoms with van der Waals surface area (Å²) in [5.74, 6) is -0.0110. The Morgan fingerprint density at radius 2 is 2.06 bits per heavy atom. The van der Waals surface area contributed by atoms with Crippen LogP contribution in [-0.4, -0.2) is 22.7 Å². The van der Waals surface area contributed by atoms with Crippen molar-refractivity contribution < 1.29 is 14.3 Å². The van der Waals surface area contributed by atoms with Crippen LogP contribution in [0, 0.1) is 32.1 Å². The normalized spacial score (nSPS) is 14.9. The van der Waals surface area contributed by atoms with Gasteiger partial charge in [0, 0.05) is 22.5 Å². The van der Waals surface area contributed by atoms with E-state index in [9.17, 15) is 10.1 Å². The zero-order valence-corrected chi connectivity index (χ0v) is 18.0. The molecule has 1 aliphatic heterocycles. The smallest absolute Gasteiger partial charge is 0.262 e. The molecule has 0 spiro atoms. The summed E-state index contributed by atoms with van der Waals surface area (Å²) in [5.41, 5.74) is 11.3. The third-order valence-electron chi connectivity index (χ3n) is 5.37. The summed E-state index contributed by atoms with van der Waals surface area (Å²) >= 11 is 0. The molecule has 1 aliphatic rings. The van der Waals surface area contributed by atoms with Crippen molar-refractivity contribution in [1.29, 1.82) is 5.26 Å². The number of nitrogens with one attached hydrogen (secondary N) is 2. The molecule has 8 heteroatoms. The fourth-order valence-corrected chi connectivity index (χ4v) is 3.84. The van der Waals surface area contributed by atoms with Gasteiger partial charge in [-0.3, -0.25) is 9.89 Å². The molecule has 1 unspecified atom stereocenters. The van der Waals surface area contributed by atoms with Crippen molar-refractivity contribution in [2.24, 2.45) is 5.73 Å². The number of aromatic nitrogens is 2. The number of fused-ring (bicyclic) bond motifs is 1. The number of nitrogens with zero attached hydrogens (tertiary/aromatic N) is 2. The molecule has 1 amide bonds. The molecule has 0 bridgehead atoms. The molecule has 32 heavy (non-hydrogen) atoms. The van der Waals surface area contributed by atoms with E-state index >= 15 is 0 Å². The van der Waals surface area contributed by atoms with Crippen LogP contribution in [0.3, 0.4) is 0 Å². The first-order valence-electron chi connectivity index (χ1n) is 10.1. The van der Waals surface area contributed by atoms with Crippen molar-refractivity contribution in [1.82, 2.24) is 10.2 Å². The van der Waals surface area contributed by atoms with E-state index in [0.29, 0.717) is 22.8 Å². The molecule has 2 heterocycles. The van der Waals surface area contributed by atoms with Gasteiger partial charge < -0.3 is 20.5 Å². The molecule has 1 atom stereocenters. The van der Waals surface area contributed by atoms with E-state index in [1.807, 2.05) is 57.2 Å². The lowest BCUT2D eigenvalue weighted by Crippen LogP contribution is -2.23. The third-order valence-corrected chi connectivity index (χ3v) is 5.37. The topological polar surface area (TPSA) is 126 Å². The summed E-state index contributed by atoms with van der Waals surface area (Å²) in [7, 11) is 0. The average molecular weight is 429 g/mol. The Kier molecular flexibility index (Phi) is 5.56. The fourth-order valence-electron chi connectivity index (χ4n) is 3.84. The Balaban J connectivity index is 1.60. The monoisotopic (exact) mass is 429 g/mol. The van der Waals surface area contributed by atoms with Crippen molar-refractivity contribution >= 4 is 11.6 Å². The van der Waals surface area contributed by atoms with Crippen LogP contribution in [0.5, 0.6) is 11.6 Å². The zero-order valence-electron chi connectivity index (χ0n) is 18.0. The number of hydrogen-bond donors (Lipinski definition) is 3. The number of aryl methyl sites for hydroxylation is 3. The minimum absolute atomic E-state index is 0.00103. The molecule has 2 aromatic carbocycles. The number of amides is 1. The van der Waals surface area contributed by atoms with Crippen LogP contribution in [0.2, 0.25) is 0 Å². The van der Waals surface area contributed by atoms with E-state index in [1.54, 1.807) is 6.07 Å². The second-order valence-electron chi connectivity index (χ2n) is 7.69. The van der Waals surface area contributed by atoms with E-state index < -0.39 is 5.92 Å². The van der Waals surface area contributed by atoms with E-state index in [2.05, 4.69) is 21.6 Å². The molecule has 0 saturated carbocycles. The molecule has 4 rings (SSSR count). The van der Waals surface area contributed by atoms with Gasteiger partial charge in [0.2, 0.25) is 11.8 Å². The van der Waals surface area contributed by atoms with Gasteiger partial charge in [-0.2, -0.15) is 5.26 Å². The second kappa shape index (κ2) is 8.47. The van der Waals surface area contributed by atoms with E-state index in [4.69, 9.17) is 15.2 Å². The lowest BCUT2D eigenvalue weighted by atomic mass is 9.83. The number of ether oxygens (including phenoxy) is 2. The van der Waals surface area contributed by atoms with Gasteiger partial charge in [-0.15, -0.1) is 5.10 Å². The Labute approximate surface area is 185 Å². The van der Waals surface area contributed by atoms with Gasteiger partial charge >= 0.3 is 0 Å². The standard InChI is InChI=1S/C24H23N5O3/c1-13-8-9-18(14(2)10-13)27-20(30)12-31-19-7-5-4-6-16(19)22-17(11-25)23(26)32-24-21(22)15(3)28-29-24/h4-10,22H,12,26H2,1-3H3,(H,27,30)(H,28,29). The molecule has 8 nitrogen and oxygen atoms in total. The quantitative estimate of drug-likeness (QED) is 0.569. The van der Waals surface area contributed by atoms with Crippen molar-refractivity contribution in [2.75, 3.05) is 11.9 Å². The maximum atomic E-state index is 12.5. The van der Waals surface area contributed by atoms with Crippen LogP contribution in [0.4, 0.5) is 5.69 Å². The second-order valence-corrected chi connectivity index (χ2v) is 7.69. The van der Waals surface area contributed by atoms with Gasteiger partial charge in [0.05, 0.1) is 5.92 Å². The number of benzene rings is 2. The number of H-pyrrole nitrogens is 1. The summed E-state index contributed by atoms with van der Waals surface area (Å²) in [6, 6.07) is 15.2. The summed E-state index contributed by atoms with van der Waals surface area (Å²) < 4.78 is 11.4. The summed E-state index contributed by atoms with van der Waals surface area (Å²) in [5, 5.41) is 19.7. The molecule has 0 radical (unpaired) electrons. The Bertz CT molecular complexity index is 1270. The van der Waals surface area contributed by atoms with E-state index in [0.717, 1.165) is 22.5 Å². The molecule has 3 aromatic rings. The molecule has 162 valence electrons. The predicted octanol–water partition coefficient (Wildman–Crippen LogP) is 3.57. The highest BCUT2D eigenvalue weighted by molar-refractivity contribution is 5.92. The van der Waals surface area contributed by atoms with Gasteiger partial charge in [0.1, 0.15) is 17.4 Å². The minimum atomic E-state index is -0.527. The summed E-state index contributed by atoms with van der Waals surface area (Å²) in [4.78, 5) is 12.5. The molecule has 0 aliphatic carbocycles. The number of hydrogen-bond acceptors (Lipinski definition) is 6. The van der Waals surface area contributed by atoms with Gasteiger partial charge in [-0.1, -0.05) is 35.9 Å². The average Bonchev–Trinajstić information content (AvgIpc) is 3.13. The number of para-hydroxylation sites is 1. The highest BCUT2D eigenvalue weighted by Crippen LogP contribution is 2.45. The van der Waals surface area contributed by atoms with Gasteiger partial charge in [0.15, 0.2) is 6.61 Å². The number of aromatic amines is 1.